The van der Waals surface area contributed by atoms with Crippen LogP contribution in [-0.4, -0.2) is 17.4 Å². The highest BCUT2D eigenvalue weighted by Crippen LogP contribution is 2.25. The van der Waals surface area contributed by atoms with E-state index in [0.29, 0.717) is 0 Å². The highest BCUT2D eigenvalue weighted by molar-refractivity contribution is 4.79. The maximum absolute atomic E-state index is 10.4. The maximum Gasteiger partial charge on any atom is 0.116 e. The fourth-order valence-electron chi connectivity index (χ4n) is 4.66. The Labute approximate surface area is 177 Å². The van der Waals surface area contributed by atoms with E-state index in [1.54, 1.807) is 0 Å². The molecule has 0 aromatic heterocycles. The molecule has 0 heterocycles. The molecule has 0 bridgehead atoms. The van der Waals surface area contributed by atoms with E-state index in [9.17, 15) is 5.11 Å². The van der Waals surface area contributed by atoms with Gasteiger partial charge >= 0.3 is 0 Å². The summed E-state index contributed by atoms with van der Waals surface area (Å²) in [6.45, 7) is 3.29. The van der Waals surface area contributed by atoms with Crippen LogP contribution in [0.5, 0.6) is 0 Å². The highest BCUT2D eigenvalue weighted by Gasteiger charge is 2.27. The minimum atomic E-state index is -0.535. The molecule has 0 aromatic carbocycles. The Balaban J connectivity index is 1.69. The van der Waals surface area contributed by atoms with Gasteiger partial charge in [0.1, 0.15) is 5.72 Å². The SMILES string of the molecule is CCCCCCCCCCCCCCCCCCCCNC1(O)CCCCC1. The summed E-state index contributed by atoms with van der Waals surface area (Å²) in [6.07, 6.45) is 31.2. The zero-order valence-electron chi connectivity index (χ0n) is 19.4. The summed E-state index contributed by atoms with van der Waals surface area (Å²) in [6, 6.07) is 0. The van der Waals surface area contributed by atoms with Crippen molar-refractivity contribution in [3.05, 3.63) is 0 Å². The zero-order valence-corrected chi connectivity index (χ0v) is 19.4. The summed E-state index contributed by atoms with van der Waals surface area (Å²) < 4.78 is 0. The van der Waals surface area contributed by atoms with Gasteiger partial charge in [-0.1, -0.05) is 122 Å². The van der Waals surface area contributed by atoms with Crippen molar-refractivity contribution in [3.63, 3.8) is 0 Å². The Hall–Kier alpha value is -0.0800. The van der Waals surface area contributed by atoms with Crippen LogP contribution in [0.4, 0.5) is 0 Å². The first kappa shape index (κ1) is 26.0. The van der Waals surface area contributed by atoms with Gasteiger partial charge < -0.3 is 5.11 Å². The van der Waals surface area contributed by atoms with Gasteiger partial charge in [0, 0.05) is 0 Å². The quantitative estimate of drug-likeness (QED) is 0.160. The predicted octanol–water partition coefficient (Wildman–Crippen LogP) is 8.27. The Morgan fingerprint density at radius 3 is 1.29 bits per heavy atom. The zero-order chi connectivity index (χ0) is 20.2. The van der Waals surface area contributed by atoms with Crippen LogP contribution < -0.4 is 5.32 Å². The largest absolute Gasteiger partial charge is 0.376 e. The second kappa shape index (κ2) is 18.9. The molecule has 2 N–H and O–H groups in total. The van der Waals surface area contributed by atoms with Gasteiger partial charge in [0.15, 0.2) is 0 Å². The van der Waals surface area contributed by atoms with Gasteiger partial charge in [0.05, 0.1) is 0 Å². The molecular formula is C26H53NO. The summed E-state index contributed by atoms with van der Waals surface area (Å²) in [5.74, 6) is 0. The lowest BCUT2D eigenvalue weighted by molar-refractivity contribution is -0.0278. The average molecular weight is 396 g/mol. The van der Waals surface area contributed by atoms with Crippen LogP contribution in [0.15, 0.2) is 0 Å². The average Bonchev–Trinajstić information content (AvgIpc) is 2.70. The number of rotatable bonds is 20. The summed E-state index contributed by atoms with van der Waals surface area (Å²) in [5, 5.41) is 13.8. The topological polar surface area (TPSA) is 32.3 Å². The third kappa shape index (κ3) is 15.8. The molecule has 0 amide bonds. The molecule has 1 rings (SSSR count). The number of unbranched alkanes of at least 4 members (excludes halogenated alkanes) is 17. The van der Waals surface area contributed by atoms with Crippen molar-refractivity contribution in [2.24, 2.45) is 0 Å². The Morgan fingerprint density at radius 1 is 0.536 bits per heavy atom. The van der Waals surface area contributed by atoms with E-state index in [2.05, 4.69) is 12.2 Å². The van der Waals surface area contributed by atoms with Crippen LogP contribution in [0.2, 0.25) is 0 Å². The van der Waals surface area contributed by atoms with E-state index in [4.69, 9.17) is 0 Å². The summed E-state index contributed by atoms with van der Waals surface area (Å²) in [5.41, 5.74) is -0.535. The molecule has 0 aromatic rings. The van der Waals surface area contributed by atoms with E-state index >= 15 is 0 Å². The van der Waals surface area contributed by atoms with Crippen LogP contribution in [0.3, 0.4) is 0 Å². The van der Waals surface area contributed by atoms with Crippen molar-refractivity contribution in [3.8, 4) is 0 Å². The van der Waals surface area contributed by atoms with Crippen molar-refractivity contribution >= 4 is 0 Å². The molecule has 0 saturated heterocycles. The molecule has 168 valence electrons. The Morgan fingerprint density at radius 2 is 0.893 bits per heavy atom. The molecule has 0 unspecified atom stereocenters. The predicted molar refractivity (Wildman–Crippen MR) is 125 cm³/mol. The molecule has 0 atom stereocenters. The van der Waals surface area contributed by atoms with E-state index in [0.717, 1.165) is 19.4 Å². The molecule has 0 radical (unpaired) electrons. The first-order valence-corrected chi connectivity index (χ1v) is 13.2. The van der Waals surface area contributed by atoms with Crippen LogP contribution in [0.25, 0.3) is 0 Å². The summed E-state index contributed by atoms with van der Waals surface area (Å²) >= 11 is 0. The number of hydrogen-bond acceptors (Lipinski definition) is 2. The number of hydrogen-bond donors (Lipinski definition) is 2. The number of nitrogens with one attached hydrogen (secondary N) is 1. The molecule has 1 fully saturated rings. The molecular weight excluding hydrogens is 342 g/mol. The summed E-state index contributed by atoms with van der Waals surface area (Å²) in [4.78, 5) is 0. The Kier molecular flexibility index (Phi) is 17.5. The standard InChI is InChI=1S/C26H53NO/c1-2-3-4-5-6-7-8-9-10-11-12-13-14-15-16-17-18-22-25-27-26(28)23-20-19-21-24-26/h27-28H,2-25H2,1H3. The lowest BCUT2D eigenvalue weighted by Gasteiger charge is -2.33. The fourth-order valence-corrected chi connectivity index (χ4v) is 4.66. The van der Waals surface area contributed by atoms with Gasteiger partial charge in [-0.3, -0.25) is 5.32 Å². The van der Waals surface area contributed by atoms with Gasteiger partial charge in [0.25, 0.3) is 0 Å². The summed E-state index contributed by atoms with van der Waals surface area (Å²) in [7, 11) is 0. The van der Waals surface area contributed by atoms with E-state index in [1.165, 1.54) is 135 Å². The molecule has 1 aliphatic rings. The van der Waals surface area contributed by atoms with Crippen molar-refractivity contribution in [1.29, 1.82) is 0 Å². The highest BCUT2D eigenvalue weighted by atomic mass is 16.3. The lowest BCUT2D eigenvalue weighted by atomic mass is 9.91. The normalized spacial score (nSPS) is 16.5. The van der Waals surface area contributed by atoms with Crippen LogP contribution in [0, 0.1) is 0 Å². The van der Waals surface area contributed by atoms with Gasteiger partial charge in [-0.2, -0.15) is 0 Å². The fraction of sp³-hybridized carbons (Fsp3) is 1.00. The van der Waals surface area contributed by atoms with Gasteiger partial charge in [0.2, 0.25) is 0 Å². The third-order valence-corrected chi connectivity index (χ3v) is 6.67. The van der Waals surface area contributed by atoms with Crippen molar-refractivity contribution in [1.82, 2.24) is 5.32 Å². The second-order valence-electron chi connectivity index (χ2n) is 9.53. The maximum atomic E-state index is 10.4. The molecule has 28 heavy (non-hydrogen) atoms. The second-order valence-corrected chi connectivity index (χ2v) is 9.53. The molecule has 2 heteroatoms. The monoisotopic (exact) mass is 395 g/mol. The molecule has 1 aliphatic carbocycles. The minimum absolute atomic E-state index is 0.535. The Bertz CT molecular complexity index is 312. The van der Waals surface area contributed by atoms with E-state index in [1.807, 2.05) is 0 Å². The van der Waals surface area contributed by atoms with Crippen LogP contribution >= 0.6 is 0 Å². The van der Waals surface area contributed by atoms with Crippen molar-refractivity contribution < 1.29 is 5.11 Å². The van der Waals surface area contributed by atoms with Crippen LogP contribution in [0.1, 0.15) is 155 Å². The van der Waals surface area contributed by atoms with Gasteiger partial charge in [-0.25, -0.2) is 0 Å². The third-order valence-electron chi connectivity index (χ3n) is 6.67. The van der Waals surface area contributed by atoms with Crippen molar-refractivity contribution in [2.75, 3.05) is 6.54 Å². The molecule has 0 aliphatic heterocycles. The first-order chi connectivity index (χ1) is 13.8. The van der Waals surface area contributed by atoms with E-state index in [-0.39, 0.29) is 0 Å². The van der Waals surface area contributed by atoms with E-state index < -0.39 is 5.72 Å². The minimum Gasteiger partial charge on any atom is -0.376 e. The smallest absolute Gasteiger partial charge is 0.116 e. The molecule has 0 spiro atoms. The molecule has 2 nitrogen and oxygen atoms in total. The van der Waals surface area contributed by atoms with Gasteiger partial charge in [-0.15, -0.1) is 0 Å². The van der Waals surface area contributed by atoms with Crippen molar-refractivity contribution in [2.45, 2.75) is 160 Å². The number of aliphatic hydroxyl groups is 1. The van der Waals surface area contributed by atoms with Gasteiger partial charge in [-0.05, 0) is 38.6 Å². The van der Waals surface area contributed by atoms with Crippen LogP contribution in [-0.2, 0) is 0 Å². The lowest BCUT2D eigenvalue weighted by Crippen LogP contribution is -2.46. The first-order valence-electron chi connectivity index (χ1n) is 13.2. The molecule has 1 saturated carbocycles.